The number of anilines is 1. The first-order valence-electron chi connectivity index (χ1n) is 7.94. The highest BCUT2D eigenvalue weighted by molar-refractivity contribution is 6.07. The van der Waals surface area contributed by atoms with Gasteiger partial charge in [0, 0.05) is 14.1 Å². The molecule has 0 bridgehead atoms. The van der Waals surface area contributed by atoms with Crippen LogP contribution in [0.15, 0.2) is 22.7 Å². The topological polar surface area (TPSA) is 91.6 Å². The SMILES string of the molecule is Cc1ccc(C2(C)NC(=O)N(Cc3nc(N(C)C)no3)C2=O)c(C)c1. The molecule has 2 heterocycles. The van der Waals surface area contributed by atoms with E-state index >= 15 is 0 Å². The quantitative estimate of drug-likeness (QED) is 0.850. The lowest BCUT2D eigenvalue weighted by atomic mass is 9.88. The highest BCUT2D eigenvalue weighted by Crippen LogP contribution is 2.32. The van der Waals surface area contributed by atoms with Crippen LogP contribution in [0, 0.1) is 13.8 Å². The van der Waals surface area contributed by atoms with Gasteiger partial charge < -0.3 is 14.7 Å². The predicted octanol–water partition coefficient (Wildman–Crippen LogP) is 1.72. The van der Waals surface area contributed by atoms with Crippen LogP contribution in [0.2, 0.25) is 0 Å². The summed E-state index contributed by atoms with van der Waals surface area (Å²) < 4.78 is 5.12. The summed E-state index contributed by atoms with van der Waals surface area (Å²) in [5.41, 5.74) is 1.71. The Morgan fingerprint density at radius 2 is 2.00 bits per heavy atom. The molecule has 1 N–H and O–H groups in total. The summed E-state index contributed by atoms with van der Waals surface area (Å²) in [4.78, 5) is 32.3. The smallest absolute Gasteiger partial charge is 0.325 e. The van der Waals surface area contributed by atoms with Crippen LogP contribution >= 0.6 is 0 Å². The summed E-state index contributed by atoms with van der Waals surface area (Å²) in [7, 11) is 3.55. The first-order valence-corrected chi connectivity index (χ1v) is 7.94. The Bertz CT molecular complexity index is 845. The Morgan fingerprint density at radius 3 is 2.60 bits per heavy atom. The standard InChI is InChI=1S/C17H21N5O3/c1-10-6-7-12(11(2)8-10)17(3)14(23)22(16(24)19-17)9-13-18-15(20-25-13)21(4)5/h6-8H,9H2,1-5H3,(H,19,24). The lowest BCUT2D eigenvalue weighted by molar-refractivity contribution is -0.131. The number of rotatable bonds is 4. The van der Waals surface area contributed by atoms with Crippen LogP contribution in [-0.4, -0.2) is 41.1 Å². The molecule has 1 aromatic carbocycles. The number of aryl methyl sites for hydroxylation is 2. The lowest BCUT2D eigenvalue weighted by Gasteiger charge is -2.24. The summed E-state index contributed by atoms with van der Waals surface area (Å²) >= 11 is 0. The molecular formula is C17H21N5O3. The molecule has 1 aromatic heterocycles. The Morgan fingerprint density at radius 1 is 1.28 bits per heavy atom. The first kappa shape index (κ1) is 16.9. The Hall–Kier alpha value is -2.90. The van der Waals surface area contributed by atoms with E-state index in [1.807, 2.05) is 32.0 Å². The van der Waals surface area contributed by atoms with Gasteiger partial charge in [-0.25, -0.2) is 4.79 Å². The highest BCUT2D eigenvalue weighted by atomic mass is 16.5. The van der Waals surface area contributed by atoms with Gasteiger partial charge in [-0.1, -0.05) is 23.8 Å². The van der Waals surface area contributed by atoms with Crippen molar-refractivity contribution in [3.05, 3.63) is 40.8 Å². The maximum absolute atomic E-state index is 13.0. The van der Waals surface area contributed by atoms with Crippen LogP contribution in [-0.2, 0) is 16.9 Å². The van der Waals surface area contributed by atoms with Crippen molar-refractivity contribution in [2.75, 3.05) is 19.0 Å². The summed E-state index contributed by atoms with van der Waals surface area (Å²) in [5, 5.41) is 6.59. The second-order valence-corrected chi connectivity index (χ2v) is 6.65. The third-order valence-corrected chi connectivity index (χ3v) is 4.35. The molecule has 8 heteroatoms. The van der Waals surface area contributed by atoms with Gasteiger partial charge >= 0.3 is 6.03 Å². The average Bonchev–Trinajstić information content (AvgIpc) is 3.07. The normalized spacial score (nSPS) is 20.1. The van der Waals surface area contributed by atoms with Crippen molar-refractivity contribution in [1.29, 1.82) is 0 Å². The van der Waals surface area contributed by atoms with E-state index in [-0.39, 0.29) is 18.3 Å². The molecule has 25 heavy (non-hydrogen) atoms. The number of carbonyl (C=O) groups is 2. The van der Waals surface area contributed by atoms with E-state index in [1.165, 1.54) is 0 Å². The van der Waals surface area contributed by atoms with Crippen molar-refractivity contribution in [2.24, 2.45) is 0 Å². The Balaban J connectivity index is 1.88. The monoisotopic (exact) mass is 343 g/mol. The number of benzene rings is 1. The molecule has 3 amide bonds. The molecule has 2 aromatic rings. The minimum Gasteiger partial charge on any atom is -0.344 e. The number of urea groups is 1. The number of carbonyl (C=O) groups excluding carboxylic acids is 2. The van der Waals surface area contributed by atoms with Crippen LogP contribution < -0.4 is 10.2 Å². The van der Waals surface area contributed by atoms with E-state index in [0.717, 1.165) is 21.6 Å². The molecule has 1 unspecified atom stereocenters. The van der Waals surface area contributed by atoms with Gasteiger partial charge in [-0.15, -0.1) is 0 Å². The van der Waals surface area contributed by atoms with Gasteiger partial charge in [0.25, 0.3) is 11.9 Å². The van der Waals surface area contributed by atoms with E-state index in [2.05, 4.69) is 15.5 Å². The fourth-order valence-corrected chi connectivity index (χ4v) is 3.02. The van der Waals surface area contributed by atoms with Crippen molar-refractivity contribution in [3.63, 3.8) is 0 Å². The molecule has 3 rings (SSSR count). The van der Waals surface area contributed by atoms with Crippen molar-refractivity contribution in [1.82, 2.24) is 20.4 Å². The molecule has 0 saturated carbocycles. The van der Waals surface area contributed by atoms with E-state index in [9.17, 15) is 9.59 Å². The third-order valence-electron chi connectivity index (χ3n) is 4.35. The number of nitrogens with zero attached hydrogens (tertiary/aromatic N) is 4. The first-order chi connectivity index (χ1) is 11.7. The summed E-state index contributed by atoms with van der Waals surface area (Å²) in [5.74, 6) is 0.255. The van der Waals surface area contributed by atoms with Gasteiger partial charge in [-0.05, 0) is 37.1 Å². The van der Waals surface area contributed by atoms with Gasteiger partial charge in [-0.3, -0.25) is 9.69 Å². The van der Waals surface area contributed by atoms with Gasteiger partial charge in [-0.2, -0.15) is 4.98 Å². The van der Waals surface area contributed by atoms with Crippen molar-refractivity contribution in [3.8, 4) is 0 Å². The number of hydrogen-bond acceptors (Lipinski definition) is 6. The molecule has 1 atom stereocenters. The lowest BCUT2D eigenvalue weighted by Crippen LogP contribution is -2.41. The van der Waals surface area contributed by atoms with E-state index in [1.54, 1.807) is 25.9 Å². The predicted molar refractivity (Wildman–Crippen MR) is 91.0 cm³/mol. The van der Waals surface area contributed by atoms with Crippen LogP contribution in [0.1, 0.15) is 29.5 Å². The molecule has 0 radical (unpaired) electrons. The Labute approximate surface area is 145 Å². The molecule has 8 nitrogen and oxygen atoms in total. The van der Waals surface area contributed by atoms with Gasteiger partial charge in [0.05, 0.1) is 0 Å². The summed E-state index contributed by atoms with van der Waals surface area (Å²) in [6.07, 6.45) is 0. The molecule has 132 valence electrons. The van der Waals surface area contributed by atoms with E-state index in [0.29, 0.717) is 5.95 Å². The molecule has 1 aliphatic rings. The minimum absolute atomic E-state index is 0.0635. The number of aromatic nitrogens is 2. The number of nitrogens with one attached hydrogen (secondary N) is 1. The van der Waals surface area contributed by atoms with Gasteiger partial charge in [0.15, 0.2) is 0 Å². The largest absolute Gasteiger partial charge is 0.344 e. The maximum Gasteiger partial charge on any atom is 0.325 e. The maximum atomic E-state index is 13.0. The van der Waals surface area contributed by atoms with Crippen molar-refractivity contribution < 1.29 is 14.1 Å². The number of amides is 3. The Kier molecular flexibility index (Phi) is 3.98. The molecular weight excluding hydrogens is 322 g/mol. The zero-order valence-electron chi connectivity index (χ0n) is 15.0. The molecule has 0 spiro atoms. The zero-order valence-corrected chi connectivity index (χ0v) is 15.0. The summed E-state index contributed by atoms with van der Waals surface area (Å²) in [6, 6.07) is 5.32. The minimum atomic E-state index is -1.11. The zero-order chi connectivity index (χ0) is 18.4. The molecule has 1 fully saturated rings. The van der Waals surface area contributed by atoms with E-state index in [4.69, 9.17) is 4.52 Å². The fourth-order valence-electron chi connectivity index (χ4n) is 3.02. The van der Waals surface area contributed by atoms with Crippen LogP contribution in [0.4, 0.5) is 10.7 Å². The van der Waals surface area contributed by atoms with E-state index < -0.39 is 11.6 Å². The highest BCUT2D eigenvalue weighted by Gasteiger charge is 2.50. The van der Waals surface area contributed by atoms with Gasteiger partial charge in [0.1, 0.15) is 12.1 Å². The van der Waals surface area contributed by atoms with Crippen molar-refractivity contribution >= 4 is 17.9 Å². The number of imide groups is 1. The van der Waals surface area contributed by atoms with Crippen LogP contribution in [0.25, 0.3) is 0 Å². The second-order valence-electron chi connectivity index (χ2n) is 6.65. The molecule has 1 saturated heterocycles. The summed E-state index contributed by atoms with van der Waals surface area (Å²) in [6.45, 7) is 5.56. The van der Waals surface area contributed by atoms with Crippen molar-refractivity contribution in [2.45, 2.75) is 32.9 Å². The molecule has 1 aliphatic heterocycles. The third kappa shape index (κ3) is 2.84. The second kappa shape index (κ2) is 5.87. The number of hydrogen-bond donors (Lipinski definition) is 1. The van der Waals surface area contributed by atoms with Crippen LogP contribution in [0.5, 0.6) is 0 Å². The average molecular weight is 343 g/mol. The van der Waals surface area contributed by atoms with Gasteiger partial charge in [0.2, 0.25) is 5.89 Å². The fraction of sp³-hybridized carbons (Fsp3) is 0.412. The molecule has 0 aliphatic carbocycles. The van der Waals surface area contributed by atoms with Crippen LogP contribution in [0.3, 0.4) is 0 Å².